The van der Waals surface area contributed by atoms with Gasteiger partial charge in [-0.1, -0.05) is 30.3 Å². The molecule has 6 heteroatoms. The Kier molecular flexibility index (Phi) is 3.50. The molecule has 0 unspecified atom stereocenters. The third-order valence-electron chi connectivity index (χ3n) is 3.59. The molecule has 0 radical (unpaired) electrons. The van der Waals surface area contributed by atoms with Crippen LogP contribution in [0.3, 0.4) is 0 Å². The Morgan fingerprint density at radius 2 is 2.05 bits per heavy atom. The van der Waals surface area contributed by atoms with Crippen molar-refractivity contribution in [2.45, 2.75) is 19.8 Å². The van der Waals surface area contributed by atoms with E-state index in [9.17, 15) is 9.59 Å². The maximum Gasteiger partial charge on any atom is 0.303 e. The number of nitrogens with zero attached hydrogens (tertiary/aromatic N) is 2. The number of aromatic nitrogens is 3. The van der Waals surface area contributed by atoms with Crippen LogP contribution >= 0.6 is 0 Å². The minimum atomic E-state index is -0.930. The zero-order valence-electron chi connectivity index (χ0n) is 12.0. The monoisotopic (exact) mass is 297 g/mol. The second-order valence-electron chi connectivity index (χ2n) is 5.10. The summed E-state index contributed by atoms with van der Waals surface area (Å²) in [6.45, 7) is 1.73. The molecule has 0 saturated heterocycles. The zero-order chi connectivity index (χ0) is 15.7. The molecule has 0 atom stereocenters. The maximum absolute atomic E-state index is 12.5. The van der Waals surface area contributed by atoms with E-state index in [1.807, 2.05) is 36.4 Å². The Hall–Kier alpha value is -2.89. The van der Waals surface area contributed by atoms with Crippen molar-refractivity contribution in [2.24, 2.45) is 0 Å². The summed E-state index contributed by atoms with van der Waals surface area (Å²) in [6, 6.07) is 11.4. The molecule has 3 rings (SSSR count). The normalized spacial score (nSPS) is 11.0. The van der Waals surface area contributed by atoms with Gasteiger partial charge < -0.3 is 5.11 Å². The second kappa shape index (κ2) is 5.48. The van der Waals surface area contributed by atoms with Gasteiger partial charge in [-0.2, -0.15) is 0 Å². The lowest BCUT2D eigenvalue weighted by Gasteiger charge is -2.03. The SMILES string of the molecule is Cc1nc2cc(-c3ccccc3)[nH]n2c(=O)c1CCC(=O)O. The Bertz CT molecular complexity index is 894. The number of rotatable bonds is 4. The lowest BCUT2D eigenvalue weighted by molar-refractivity contribution is -0.136. The van der Waals surface area contributed by atoms with Crippen molar-refractivity contribution >= 4 is 11.6 Å². The van der Waals surface area contributed by atoms with Crippen LogP contribution in [-0.2, 0) is 11.2 Å². The summed E-state index contributed by atoms with van der Waals surface area (Å²) in [7, 11) is 0. The van der Waals surface area contributed by atoms with E-state index in [2.05, 4.69) is 10.1 Å². The maximum atomic E-state index is 12.5. The van der Waals surface area contributed by atoms with Crippen LogP contribution in [0.15, 0.2) is 41.2 Å². The molecule has 3 aromatic rings. The molecule has 2 N–H and O–H groups in total. The first-order valence-electron chi connectivity index (χ1n) is 6.95. The van der Waals surface area contributed by atoms with Crippen LogP contribution < -0.4 is 5.56 Å². The molecule has 0 aliphatic carbocycles. The van der Waals surface area contributed by atoms with Crippen LogP contribution in [0.4, 0.5) is 0 Å². The molecule has 0 amide bonds. The van der Waals surface area contributed by atoms with Crippen molar-refractivity contribution in [3.05, 3.63) is 58.0 Å². The van der Waals surface area contributed by atoms with E-state index in [1.165, 1.54) is 4.52 Å². The van der Waals surface area contributed by atoms with Crippen molar-refractivity contribution in [1.82, 2.24) is 14.6 Å². The van der Waals surface area contributed by atoms with E-state index in [0.717, 1.165) is 11.3 Å². The molecular formula is C16H15N3O3. The molecule has 1 aromatic carbocycles. The van der Waals surface area contributed by atoms with Gasteiger partial charge in [-0.25, -0.2) is 9.50 Å². The lowest BCUT2D eigenvalue weighted by atomic mass is 10.1. The number of carboxylic acid groups (broad SMARTS) is 1. The van der Waals surface area contributed by atoms with Gasteiger partial charge in [-0.3, -0.25) is 14.7 Å². The predicted molar refractivity (Wildman–Crippen MR) is 81.9 cm³/mol. The highest BCUT2D eigenvalue weighted by atomic mass is 16.4. The van der Waals surface area contributed by atoms with Crippen molar-refractivity contribution in [3.8, 4) is 11.3 Å². The number of H-pyrrole nitrogens is 1. The summed E-state index contributed by atoms with van der Waals surface area (Å²) in [6.07, 6.45) is 0.0890. The van der Waals surface area contributed by atoms with Crippen LogP contribution in [-0.4, -0.2) is 25.7 Å². The molecule has 0 bridgehead atoms. The minimum Gasteiger partial charge on any atom is -0.481 e. The number of aliphatic carboxylic acids is 1. The summed E-state index contributed by atoms with van der Waals surface area (Å²) in [5, 5.41) is 11.8. The molecule has 0 spiro atoms. The summed E-state index contributed by atoms with van der Waals surface area (Å²) < 4.78 is 1.37. The van der Waals surface area contributed by atoms with E-state index >= 15 is 0 Å². The first kappa shape index (κ1) is 14.1. The number of hydrogen-bond acceptors (Lipinski definition) is 3. The van der Waals surface area contributed by atoms with Gasteiger partial charge in [-0.05, 0) is 18.9 Å². The fraction of sp³-hybridized carbons (Fsp3) is 0.188. The Balaban J connectivity index is 2.11. The number of carboxylic acids is 1. The van der Waals surface area contributed by atoms with Crippen molar-refractivity contribution < 1.29 is 9.90 Å². The van der Waals surface area contributed by atoms with Gasteiger partial charge in [0, 0.05) is 23.7 Å². The number of hydrogen-bond donors (Lipinski definition) is 2. The van der Waals surface area contributed by atoms with Gasteiger partial charge in [0.15, 0.2) is 5.65 Å². The van der Waals surface area contributed by atoms with Crippen molar-refractivity contribution in [3.63, 3.8) is 0 Å². The highest BCUT2D eigenvalue weighted by molar-refractivity contribution is 5.67. The van der Waals surface area contributed by atoms with Gasteiger partial charge in [0.25, 0.3) is 5.56 Å². The average Bonchev–Trinajstić information content (AvgIpc) is 2.92. The zero-order valence-corrected chi connectivity index (χ0v) is 12.0. The molecule has 22 heavy (non-hydrogen) atoms. The smallest absolute Gasteiger partial charge is 0.303 e. The molecule has 6 nitrogen and oxygen atoms in total. The van der Waals surface area contributed by atoms with Gasteiger partial charge in [0.1, 0.15) is 0 Å². The van der Waals surface area contributed by atoms with Crippen molar-refractivity contribution in [2.75, 3.05) is 0 Å². The van der Waals surface area contributed by atoms with E-state index in [0.29, 0.717) is 16.9 Å². The third kappa shape index (κ3) is 2.50. The number of fused-ring (bicyclic) bond motifs is 1. The predicted octanol–water partition coefficient (Wildman–Crippen LogP) is 2.02. The van der Waals surface area contributed by atoms with E-state index in [-0.39, 0.29) is 18.4 Å². The molecule has 0 saturated carbocycles. The third-order valence-corrected chi connectivity index (χ3v) is 3.59. The largest absolute Gasteiger partial charge is 0.481 e. The summed E-state index contributed by atoms with van der Waals surface area (Å²) in [4.78, 5) is 27.6. The Labute approximate surface area is 126 Å². The molecule has 2 heterocycles. The van der Waals surface area contributed by atoms with Gasteiger partial charge in [0.2, 0.25) is 0 Å². The van der Waals surface area contributed by atoms with E-state index in [1.54, 1.807) is 6.92 Å². The van der Waals surface area contributed by atoms with Gasteiger partial charge >= 0.3 is 5.97 Å². The molecule has 112 valence electrons. The fourth-order valence-corrected chi connectivity index (χ4v) is 2.46. The number of carbonyl (C=O) groups is 1. The van der Waals surface area contributed by atoms with Crippen LogP contribution in [0.1, 0.15) is 17.7 Å². The standard InChI is InChI=1S/C16H15N3O3/c1-10-12(7-8-15(20)21)16(22)19-14(17-10)9-13(18-19)11-5-3-2-4-6-11/h2-6,9,18H,7-8H2,1H3,(H,20,21). The number of benzene rings is 1. The summed E-state index contributed by atoms with van der Waals surface area (Å²) in [5.41, 5.74) is 3.04. The number of nitrogens with one attached hydrogen (secondary N) is 1. The van der Waals surface area contributed by atoms with Crippen LogP contribution in [0.2, 0.25) is 0 Å². The lowest BCUT2D eigenvalue weighted by Crippen LogP contribution is -2.22. The van der Waals surface area contributed by atoms with Gasteiger partial charge in [0.05, 0.1) is 5.69 Å². The highest BCUT2D eigenvalue weighted by Crippen LogP contribution is 2.18. The molecular weight excluding hydrogens is 282 g/mol. The van der Waals surface area contributed by atoms with E-state index < -0.39 is 5.97 Å². The van der Waals surface area contributed by atoms with Crippen LogP contribution in [0.5, 0.6) is 0 Å². The molecule has 0 aliphatic rings. The molecule has 0 aliphatic heterocycles. The van der Waals surface area contributed by atoms with Crippen molar-refractivity contribution in [1.29, 1.82) is 0 Å². The number of aromatic amines is 1. The van der Waals surface area contributed by atoms with Crippen LogP contribution in [0.25, 0.3) is 16.9 Å². The minimum absolute atomic E-state index is 0.0872. The highest BCUT2D eigenvalue weighted by Gasteiger charge is 2.13. The second-order valence-corrected chi connectivity index (χ2v) is 5.10. The van der Waals surface area contributed by atoms with Crippen LogP contribution in [0, 0.1) is 6.92 Å². The summed E-state index contributed by atoms with van der Waals surface area (Å²) in [5.74, 6) is -0.930. The van der Waals surface area contributed by atoms with E-state index in [4.69, 9.17) is 5.11 Å². The topological polar surface area (TPSA) is 87.5 Å². The van der Waals surface area contributed by atoms with Gasteiger partial charge in [-0.15, -0.1) is 0 Å². The first-order valence-corrected chi connectivity index (χ1v) is 6.95. The Morgan fingerprint density at radius 1 is 1.32 bits per heavy atom. The summed E-state index contributed by atoms with van der Waals surface area (Å²) >= 11 is 0. The average molecular weight is 297 g/mol. The first-order chi connectivity index (χ1) is 10.6. The Morgan fingerprint density at radius 3 is 2.73 bits per heavy atom. The molecule has 0 fully saturated rings. The quantitative estimate of drug-likeness (QED) is 0.771. The fourth-order valence-electron chi connectivity index (χ4n) is 2.46. The molecule has 2 aromatic heterocycles. The number of aryl methyl sites for hydroxylation is 1.